The van der Waals surface area contributed by atoms with Gasteiger partial charge in [-0.1, -0.05) is 0 Å². The molecular weight excluding hydrogens is 215 g/mol. The van der Waals surface area contributed by atoms with E-state index in [1.807, 2.05) is 0 Å². The molecule has 16 heavy (non-hydrogen) atoms. The van der Waals surface area contributed by atoms with Gasteiger partial charge in [0.15, 0.2) is 11.6 Å². The van der Waals surface area contributed by atoms with Crippen molar-refractivity contribution in [1.29, 1.82) is 0 Å². The molecule has 6 heteroatoms. The van der Waals surface area contributed by atoms with Crippen molar-refractivity contribution >= 4 is 18.2 Å². The fraction of sp³-hybridized carbons (Fsp3) is 0.300. The van der Waals surface area contributed by atoms with E-state index >= 15 is 0 Å². The number of amides is 1. The second kappa shape index (κ2) is 5.20. The van der Waals surface area contributed by atoms with Crippen molar-refractivity contribution in [2.24, 2.45) is 0 Å². The van der Waals surface area contributed by atoms with E-state index in [0.29, 0.717) is 11.8 Å². The van der Waals surface area contributed by atoms with E-state index < -0.39 is 11.9 Å². The van der Waals surface area contributed by atoms with Gasteiger partial charge in [-0.05, 0) is 18.6 Å². The highest BCUT2D eigenvalue weighted by Crippen LogP contribution is 2.18. The Morgan fingerprint density at radius 2 is 2.38 bits per heavy atom. The van der Waals surface area contributed by atoms with Gasteiger partial charge in [0.1, 0.15) is 6.29 Å². The summed E-state index contributed by atoms with van der Waals surface area (Å²) in [5.74, 6) is -0.954. The monoisotopic (exact) mass is 226 g/mol. The number of carbonyl (C=O) groups excluding carboxylic acids is 1. The van der Waals surface area contributed by atoms with Crippen LogP contribution in [-0.2, 0) is 4.79 Å². The molecule has 1 aromatic rings. The van der Waals surface area contributed by atoms with Crippen molar-refractivity contribution in [2.45, 2.75) is 13.3 Å². The number of aromatic nitrogens is 1. The predicted octanol–water partition coefficient (Wildman–Crippen LogP) is 1.60. The van der Waals surface area contributed by atoms with E-state index in [9.17, 15) is 14.0 Å². The lowest BCUT2D eigenvalue weighted by Crippen LogP contribution is -2.32. The summed E-state index contributed by atoms with van der Waals surface area (Å²) in [6.45, 7) is 1.41. The molecule has 0 aliphatic rings. The van der Waals surface area contributed by atoms with Crippen LogP contribution in [0.15, 0.2) is 12.3 Å². The molecule has 0 aromatic carbocycles. The lowest BCUT2D eigenvalue weighted by molar-refractivity contribution is -0.107. The van der Waals surface area contributed by atoms with Crippen LogP contribution in [0.3, 0.4) is 0 Å². The summed E-state index contributed by atoms with van der Waals surface area (Å²) in [6.07, 6.45) is 0.564. The molecule has 1 rings (SSSR count). The smallest absolute Gasteiger partial charge is 0.413 e. The maximum Gasteiger partial charge on any atom is 0.413 e. The van der Waals surface area contributed by atoms with Crippen LogP contribution in [0.25, 0.3) is 0 Å². The normalized spacial score (nSPS) is 9.88. The first-order valence-electron chi connectivity index (χ1n) is 4.63. The van der Waals surface area contributed by atoms with Crippen LogP contribution >= 0.6 is 0 Å². The molecule has 0 saturated heterocycles. The fourth-order valence-electron chi connectivity index (χ4n) is 1.19. The predicted molar refractivity (Wildman–Crippen MR) is 55.0 cm³/mol. The van der Waals surface area contributed by atoms with Crippen LogP contribution < -0.4 is 4.90 Å². The van der Waals surface area contributed by atoms with E-state index in [0.717, 1.165) is 4.90 Å². The number of aryl methyl sites for hydroxylation is 1. The second-order valence-electron chi connectivity index (χ2n) is 3.15. The molecule has 5 nitrogen and oxygen atoms in total. The molecule has 0 bridgehead atoms. The van der Waals surface area contributed by atoms with Crippen LogP contribution in [-0.4, -0.2) is 29.0 Å². The molecule has 1 amide bonds. The third kappa shape index (κ3) is 2.53. The quantitative estimate of drug-likeness (QED) is 0.791. The Hall–Kier alpha value is -1.98. The Balaban J connectivity index is 3.05. The first-order chi connectivity index (χ1) is 7.57. The van der Waals surface area contributed by atoms with Gasteiger partial charge in [-0.25, -0.2) is 14.2 Å². The minimum absolute atomic E-state index is 0.00135. The molecule has 0 saturated carbocycles. The summed E-state index contributed by atoms with van der Waals surface area (Å²) in [4.78, 5) is 25.4. The van der Waals surface area contributed by atoms with Crippen molar-refractivity contribution in [2.75, 3.05) is 11.4 Å². The fourth-order valence-corrected chi connectivity index (χ4v) is 1.19. The molecule has 1 N–H and O–H groups in total. The zero-order valence-electron chi connectivity index (χ0n) is 8.68. The van der Waals surface area contributed by atoms with Crippen molar-refractivity contribution in [3.8, 4) is 0 Å². The number of carboxylic acid groups (broad SMARTS) is 1. The molecule has 0 fully saturated rings. The molecule has 86 valence electrons. The number of carbonyl (C=O) groups is 2. The van der Waals surface area contributed by atoms with Crippen molar-refractivity contribution < 1.29 is 19.1 Å². The Kier molecular flexibility index (Phi) is 3.93. The van der Waals surface area contributed by atoms with Gasteiger partial charge in [0.05, 0.1) is 0 Å². The van der Waals surface area contributed by atoms with Crippen LogP contribution in [0.4, 0.5) is 15.0 Å². The minimum atomic E-state index is -1.33. The van der Waals surface area contributed by atoms with Crippen LogP contribution in [0.2, 0.25) is 0 Å². The summed E-state index contributed by atoms with van der Waals surface area (Å²) in [6, 6.07) is 1.44. The van der Waals surface area contributed by atoms with Crippen LogP contribution in [0, 0.1) is 12.7 Å². The Morgan fingerprint density at radius 3 is 2.94 bits per heavy atom. The number of hydrogen-bond donors (Lipinski definition) is 1. The molecule has 0 aliphatic heterocycles. The summed E-state index contributed by atoms with van der Waals surface area (Å²) in [7, 11) is 0. The van der Waals surface area contributed by atoms with Gasteiger partial charge in [-0.2, -0.15) is 0 Å². The van der Waals surface area contributed by atoms with E-state index in [2.05, 4.69) is 4.98 Å². The molecule has 0 atom stereocenters. The van der Waals surface area contributed by atoms with E-state index in [-0.39, 0.29) is 18.8 Å². The number of hydrogen-bond acceptors (Lipinski definition) is 3. The van der Waals surface area contributed by atoms with Crippen LogP contribution in [0.1, 0.15) is 12.0 Å². The molecule has 1 aromatic heterocycles. The maximum atomic E-state index is 13.6. The number of rotatable bonds is 4. The average molecular weight is 226 g/mol. The summed E-state index contributed by atoms with van der Waals surface area (Å²) in [5, 5.41) is 8.87. The Morgan fingerprint density at radius 1 is 1.69 bits per heavy atom. The highest BCUT2D eigenvalue weighted by molar-refractivity contribution is 5.85. The van der Waals surface area contributed by atoms with E-state index in [1.54, 1.807) is 0 Å². The molecule has 0 unspecified atom stereocenters. The van der Waals surface area contributed by atoms with Crippen molar-refractivity contribution in [1.82, 2.24) is 4.98 Å². The number of anilines is 1. The van der Waals surface area contributed by atoms with Gasteiger partial charge < -0.3 is 9.90 Å². The van der Waals surface area contributed by atoms with Gasteiger partial charge in [0.25, 0.3) is 0 Å². The second-order valence-corrected chi connectivity index (χ2v) is 3.15. The lowest BCUT2D eigenvalue weighted by atomic mass is 10.2. The summed E-state index contributed by atoms with van der Waals surface area (Å²) >= 11 is 0. The largest absolute Gasteiger partial charge is 0.465 e. The minimum Gasteiger partial charge on any atom is -0.465 e. The zero-order chi connectivity index (χ0) is 12.1. The highest BCUT2D eigenvalue weighted by Gasteiger charge is 2.20. The van der Waals surface area contributed by atoms with Gasteiger partial charge in [-0.15, -0.1) is 0 Å². The first-order valence-corrected chi connectivity index (χ1v) is 4.63. The van der Waals surface area contributed by atoms with Gasteiger partial charge in [0, 0.05) is 19.2 Å². The van der Waals surface area contributed by atoms with E-state index in [1.165, 1.54) is 19.2 Å². The summed E-state index contributed by atoms with van der Waals surface area (Å²) < 4.78 is 13.6. The topological polar surface area (TPSA) is 70.5 Å². The van der Waals surface area contributed by atoms with Crippen molar-refractivity contribution in [3.05, 3.63) is 23.6 Å². The molecule has 0 radical (unpaired) electrons. The van der Waals surface area contributed by atoms with Gasteiger partial charge in [-0.3, -0.25) is 4.90 Å². The zero-order valence-corrected chi connectivity index (χ0v) is 8.68. The number of halogens is 1. The Labute approximate surface area is 91.5 Å². The third-order valence-corrected chi connectivity index (χ3v) is 2.02. The van der Waals surface area contributed by atoms with Gasteiger partial charge >= 0.3 is 6.09 Å². The number of nitrogens with zero attached hydrogens (tertiary/aromatic N) is 2. The van der Waals surface area contributed by atoms with Crippen LogP contribution in [0.5, 0.6) is 0 Å². The standard InChI is InChI=1S/C10H11FN2O3/c1-7-3-4-12-9(8(7)11)13(10(15)16)5-2-6-14/h3-4,6H,2,5H2,1H3,(H,15,16). The highest BCUT2D eigenvalue weighted by atomic mass is 19.1. The Bertz CT molecular complexity index is 409. The molecule has 0 spiro atoms. The maximum absolute atomic E-state index is 13.6. The molecular formula is C10H11FN2O3. The number of aldehydes is 1. The van der Waals surface area contributed by atoms with Gasteiger partial charge in [0.2, 0.25) is 0 Å². The average Bonchev–Trinajstić information content (AvgIpc) is 2.24. The first kappa shape index (κ1) is 12.1. The van der Waals surface area contributed by atoms with E-state index in [4.69, 9.17) is 5.11 Å². The summed E-state index contributed by atoms with van der Waals surface area (Å²) in [5.41, 5.74) is 0.308. The molecule has 0 aliphatic carbocycles. The number of pyridine rings is 1. The lowest BCUT2D eigenvalue weighted by Gasteiger charge is -2.17. The third-order valence-electron chi connectivity index (χ3n) is 2.02. The van der Waals surface area contributed by atoms with Crippen molar-refractivity contribution in [3.63, 3.8) is 0 Å². The SMILES string of the molecule is Cc1ccnc(N(CCC=O)C(=O)O)c1F. The molecule has 1 heterocycles.